The Labute approximate surface area is 439 Å². The van der Waals surface area contributed by atoms with E-state index in [9.17, 15) is 14.4 Å². The predicted molar refractivity (Wildman–Crippen MR) is 307 cm³/mol. The van der Waals surface area contributed by atoms with Crippen molar-refractivity contribution in [3.8, 4) is 0 Å². The lowest BCUT2D eigenvalue weighted by molar-refractivity contribution is -0.167. The zero-order chi connectivity index (χ0) is 51.4. The quantitative estimate of drug-likeness (QED) is 0.0261. The molecule has 0 N–H and O–H groups in total. The average Bonchev–Trinajstić information content (AvgIpc) is 3.37. The summed E-state index contributed by atoms with van der Waals surface area (Å²) in [6.45, 7) is 6.47. The second-order valence-corrected chi connectivity index (χ2v) is 19.9. The predicted octanol–water partition coefficient (Wildman–Crippen LogP) is 20.3. The van der Waals surface area contributed by atoms with Gasteiger partial charge in [0.05, 0.1) is 0 Å². The molecule has 0 aliphatic carbocycles. The van der Waals surface area contributed by atoms with Crippen molar-refractivity contribution in [2.45, 2.75) is 297 Å². The number of ether oxygens (including phenoxy) is 3. The molecule has 0 aliphatic rings. The summed E-state index contributed by atoms with van der Waals surface area (Å²) in [6, 6.07) is 0. The zero-order valence-electron chi connectivity index (χ0n) is 46.7. The molecule has 1 unspecified atom stereocenters. The first-order chi connectivity index (χ1) is 35.0. The number of hydrogen-bond donors (Lipinski definition) is 0. The molecule has 408 valence electrons. The monoisotopic (exact) mass is 989 g/mol. The fourth-order valence-corrected chi connectivity index (χ4v) is 8.33. The third-order valence-corrected chi connectivity index (χ3v) is 12.9. The average molecular weight is 990 g/mol. The van der Waals surface area contributed by atoms with Crippen LogP contribution in [0.25, 0.3) is 0 Å². The lowest BCUT2D eigenvalue weighted by atomic mass is 10.1. The van der Waals surface area contributed by atoms with Gasteiger partial charge in [-0.15, -0.1) is 0 Å². The first kappa shape index (κ1) is 67.6. The molecule has 0 aliphatic heterocycles. The molecule has 71 heavy (non-hydrogen) atoms. The van der Waals surface area contributed by atoms with E-state index in [2.05, 4.69) is 106 Å². The number of unbranched alkanes of at least 4 members (excludes halogenated alkanes) is 29. The van der Waals surface area contributed by atoms with Crippen LogP contribution >= 0.6 is 0 Å². The summed E-state index contributed by atoms with van der Waals surface area (Å²) in [6.07, 6.45) is 77.2. The van der Waals surface area contributed by atoms with E-state index in [1.807, 2.05) is 0 Å². The smallest absolute Gasteiger partial charge is 0.306 e. The topological polar surface area (TPSA) is 78.9 Å². The van der Waals surface area contributed by atoms with Crippen molar-refractivity contribution in [3.63, 3.8) is 0 Å². The van der Waals surface area contributed by atoms with Crippen molar-refractivity contribution in [3.05, 3.63) is 85.1 Å². The molecule has 6 heteroatoms. The highest BCUT2D eigenvalue weighted by Gasteiger charge is 2.19. The van der Waals surface area contributed by atoms with E-state index in [1.54, 1.807) is 0 Å². The molecule has 0 rings (SSSR count). The molecule has 0 amide bonds. The molecule has 0 radical (unpaired) electrons. The third kappa shape index (κ3) is 57.4. The van der Waals surface area contributed by atoms with Crippen LogP contribution in [0.15, 0.2) is 85.1 Å². The van der Waals surface area contributed by atoms with Crippen molar-refractivity contribution < 1.29 is 28.6 Å². The van der Waals surface area contributed by atoms with E-state index in [-0.39, 0.29) is 31.1 Å². The molecule has 6 nitrogen and oxygen atoms in total. The molecule has 0 fully saturated rings. The van der Waals surface area contributed by atoms with Crippen LogP contribution in [-0.2, 0) is 28.6 Å². The van der Waals surface area contributed by atoms with E-state index in [0.29, 0.717) is 19.3 Å². The molecule has 0 heterocycles. The van der Waals surface area contributed by atoms with Crippen molar-refractivity contribution in [2.75, 3.05) is 13.2 Å². The van der Waals surface area contributed by atoms with E-state index in [1.165, 1.54) is 154 Å². The summed E-state index contributed by atoms with van der Waals surface area (Å²) in [4.78, 5) is 38.2. The second-order valence-electron chi connectivity index (χ2n) is 19.9. The lowest BCUT2D eigenvalue weighted by Gasteiger charge is -2.18. The largest absolute Gasteiger partial charge is 0.462 e. The van der Waals surface area contributed by atoms with Gasteiger partial charge in [0.25, 0.3) is 0 Å². The lowest BCUT2D eigenvalue weighted by Crippen LogP contribution is -2.30. The molecule has 0 saturated heterocycles. The Balaban J connectivity index is 4.31. The summed E-state index contributed by atoms with van der Waals surface area (Å²) >= 11 is 0. The van der Waals surface area contributed by atoms with Crippen LogP contribution in [0.3, 0.4) is 0 Å². The Morgan fingerprint density at radius 2 is 0.563 bits per heavy atom. The summed E-state index contributed by atoms with van der Waals surface area (Å²) < 4.78 is 16.9. The summed E-state index contributed by atoms with van der Waals surface area (Å²) in [5, 5.41) is 0. The van der Waals surface area contributed by atoms with Crippen LogP contribution in [0.5, 0.6) is 0 Å². The highest BCUT2D eigenvalue weighted by molar-refractivity contribution is 5.71. The molecular formula is C65H112O6. The minimum absolute atomic E-state index is 0.0823. The fourth-order valence-electron chi connectivity index (χ4n) is 8.33. The minimum atomic E-state index is -0.784. The van der Waals surface area contributed by atoms with Gasteiger partial charge in [-0.05, 0) is 109 Å². The van der Waals surface area contributed by atoms with Crippen LogP contribution in [0.2, 0.25) is 0 Å². The minimum Gasteiger partial charge on any atom is -0.462 e. The van der Waals surface area contributed by atoms with Gasteiger partial charge in [0.2, 0.25) is 0 Å². The van der Waals surface area contributed by atoms with E-state index in [0.717, 1.165) is 96.3 Å². The van der Waals surface area contributed by atoms with E-state index in [4.69, 9.17) is 14.2 Å². The van der Waals surface area contributed by atoms with Crippen LogP contribution in [0, 0.1) is 0 Å². The molecule has 0 aromatic carbocycles. The maximum absolute atomic E-state index is 12.9. The van der Waals surface area contributed by atoms with E-state index >= 15 is 0 Å². The van der Waals surface area contributed by atoms with Gasteiger partial charge in [0.15, 0.2) is 6.10 Å². The maximum Gasteiger partial charge on any atom is 0.306 e. The SMILES string of the molecule is CC/C=C\C/C=C\C/C=C\C/C=C\CCCCCCCCCCCCC(=O)OCC(COC(=O)CCCCCCC/C=C\CCCC)OC(=O)CCCCCCCCCCC/C=C\C/C=C\CCCCC. The molecule has 0 saturated carbocycles. The van der Waals surface area contributed by atoms with Crippen molar-refractivity contribution in [1.29, 1.82) is 0 Å². The first-order valence-electron chi connectivity index (χ1n) is 30.1. The van der Waals surface area contributed by atoms with Crippen LogP contribution < -0.4 is 0 Å². The van der Waals surface area contributed by atoms with Gasteiger partial charge in [-0.2, -0.15) is 0 Å². The van der Waals surface area contributed by atoms with Crippen LogP contribution in [-0.4, -0.2) is 37.2 Å². The first-order valence-corrected chi connectivity index (χ1v) is 30.1. The third-order valence-electron chi connectivity index (χ3n) is 12.9. The van der Waals surface area contributed by atoms with E-state index < -0.39 is 6.10 Å². The highest BCUT2D eigenvalue weighted by Crippen LogP contribution is 2.16. The van der Waals surface area contributed by atoms with Crippen LogP contribution in [0.4, 0.5) is 0 Å². The summed E-state index contributed by atoms with van der Waals surface area (Å²) in [5.41, 5.74) is 0. The number of hydrogen-bond acceptors (Lipinski definition) is 6. The number of rotatable bonds is 54. The molecule has 1 atom stereocenters. The van der Waals surface area contributed by atoms with Crippen molar-refractivity contribution >= 4 is 17.9 Å². The standard InChI is InChI=1S/C65H112O6/c1-4-7-10-13-16-19-22-24-26-28-30-31-32-33-35-36-38-40-43-46-49-52-55-58-64(67)70-61-62(60-69-63(66)57-54-51-48-45-42-21-18-15-12-9-6-3)71-65(68)59-56-53-50-47-44-41-39-37-34-29-27-25-23-20-17-14-11-8-5-2/h7,10,15-20,24-27,30-31,62H,4-6,8-9,11-14,21-23,28-29,32-61H2,1-3H3/b10-7-,18-15-,19-16-,20-17-,26-24-,27-25-,31-30-. The van der Waals surface area contributed by atoms with Gasteiger partial charge in [-0.25, -0.2) is 0 Å². The number of carbonyl (C=O) groups is 3. The Morgan fingerprint density at radius 1 is 0.296 bits per heavy atom. The van der Waals surface area contributed by atoms with Gasteiger partial charge < -0.3 is 14.2 Å². The zero-order valence-corrected chi connectivity index (χ0v) is 46.7. The van der Waals surface area contributed by atoms with Crippen LogP contribution in [0.1, 0.15) is 290 Å². The summed E-state index contributed by atoms with van der Waals surface area (Å²) in [5.74, 6) is -0.893. The van der Waals surface area contributed by atoms with Crippen molar-refractivity contribution in [2.24, 2.45) is 0 Å². The normalized spacial score (nSPS) is 12.7. The van der Waals surface area contributed by atoms with Gasteiger partial charge in [-0.1, -0.05) is 247 Å². The summed E-state index contributed by atoms with van der Waals surface area (Å²) in [7, 11) is 0. The Morgan fingerprint density at radius 3 is 0.915 bits per heavy atom. The van der Waals surface area contributed by atoms with Gasteiger partial charge in [0, 0.05) is 19.3 Å². The van der Waals surface area contributed by atoms with Gasteiger partial charge >= 0.3 is 17.9 Å². The van der Waals surface area contributed by atoms with Gasteiger partial charge in [0.1, 0.15) is 13.2 Å². The molecular weight excluding hydrogens is 877 g/mol. The number of esters is 3. The number of carbonyl (C=O) groups excluding carboxylic acids is 3. The molecule has 0 aromatic heterocycles. The molecule has 0 aromatic rings. The van der Waals surface area contributed by atoms with Crippen molar-refractivity contribution in [1.82, 2.24) is 0 Å². The Hall–Kier alpha value is -3.41. The fraction of sp³-hybridized carbons (Fsp3) is 0.738. The molecule has 0 bridgehead atoms. The van der Waals surface area contributed by atoms with Gasteiger partial charge in [-0.3, -0.25) is 14.4 Å². The highest BCUT2D eigenvalue weighted by atomic mass is 16.6. The number of allylic oxidation sites excluding steroid dienone is 14. The Bertz CT molecular complexity index is 1370. The Kier molecular flexibility index (Phi) is 56.3. The maximum atomic E-state index is 12.9. The second kappa shape index (κ2) is 59.2. The molecule has 0 spiro atoms.